The van der Waals surface area contributed by atoms with Crippen molar-refractivity contribution in [2.75, 3.05) is 12.4 Å². The van der Waals surface area contributed by atoms with Crippen LogP contribution in [0.1, 0.15) is 37.4 Å². The predicted octanol–water partition coefficient (Wildman–Crippen LogP) is 5.39. The van der Waals surface area contributed by atoms with Crippen molar-refractivity contribution in [3.05, 3.63) is 107 Å². The quantitative estimate of drug-likeness (QED) is 0.407. The summed E-state index contributed by atoms with van der Waals surface area (Å²) in [5, 5.41) is -0.218. The molecule has 3 aromatic rings. The van der Waals surface area contributed by atoms with Gasteiger partial charge in [0.15, 0.2) is 0 Å². The van der Waals surface area contributed by atoms with Gasteiger partial charge in [-0.3, -0.25) is 0 Å². The third-order valence-electron chi connectivity index (χ3n) is 5.71. The van der Waals surface area contributed by atoms with Gasteiger partial charge in [0.1, 0.15) is 18.8 Å². The number of rotatable bonds is 8. The molecule has 3 atom stereocenters. The van der Waals surface area contributed by atoms with Crippen molar-refractivity contribution in [1.29, 1.82) is 0 Å². The highest BCUT2D eigenvalue weighted by molar-refractivity contribution is 8.00. The topological polar surface area (TPSA) is 61.8 Å². The van der Waals surface area contributed by atoms with E-state index in [0.717, 1.165) is 16.7 Å². The molecule has 34 heavy (non-hydrogen) atoms. The maximum Gasteiger partial charge on any atom is 0.338 e. The average Bonchev–Trinajstić information content (AvgIpc) is 3.23. The van der Waals surface area contributed by atoms with E-state index in [2.05, 4.69) is 0 Å². The van der Waals surface area contributed by atoms with Gasteiger partial charge in [-0.05, 0) is 43.7 Å². The number of esters is 2. The Morgan fingerprint density at radius 2 is 1.41 bits per heavy atom. The van der Waals surface area contributed by atoms with Crippen molar-refractivity contribution < 1.29 is 23.8 Å². The minimum absolute atomic E-state index is 0.133. The molecule has 0 amide bonds. The van der Waals surface area contributed by atoms with Gasteiger partial charge in [-0.15, -0.1) is 11.8 Å². The second-order valence-electron chi connectivity index (χ2n) is 8.41. The molecule has 0 saturated carbocycles. The monoisotopic (exact) mass is 476 g/mol. The summed E-state index contributed by atoms with van der Waals surface area (Å²) in [5.74, 6) is -0.153. The van der Waals surface area contributed by atoms with Crippen molar-refractivity contribution in [2.45, 2.75) is 37.9 Å². The Bertz CT molecular complexity index is 1100. The van der Waals surface area contributed by atoms with Gasteiger partial charge in [0, 0.05) is 5.75 Å². The van der Waals surface area contributed by atoms with Crippen LogP contribution in [-0.4, -0.2) is 41.8 Å². The first-order valence-corrected chi connectivity index (χ1v) is 12.3. The van der Waals surface area contributed by atoms with Crippen LogP contribution in [0, 0.1) is 13.8 Å². The van der Waals surface area contributed by atoms with E-state index >= 15 is 0 Å². The lowest BCUT2D eigenvalue weighted by Gasteiger charge is -2.24. The molecule has 1 saturated heterocycles. The number of thioether (sulfide) groups is 1. The van der Waals surface area contributed by atoms with E-state index in [0.29, 0.717) is 23.5 Å². The lowest BCUT2D eigenvalue weighted by molar-refractivity contribution is -0.0484. The summed E-state index contributed by atoms with van der Waals surface area (Å²) >= 11 is 1.59. The molecule has 0 aromatic heterocycles. The van der Waals surface area contributed by atoms with E-state index in [1.807, 2.05) is 68.4 Å². The van der Waals surface area contributed by atoms with E-state index in [4.69, 9.17) is 14.2 Å². The Hall–Kier alpha value is -3.09. The molecule has 0 N–H and O–H groups in total. The lowest BCUT2D eigenvalue weighted by Crippen LogP contribution is -2.38. The summed E-state index contributed by atoms with van der Waals surface area (Å²) < 4.78 is 17.7. The molecule has 0 unspecified atom stereocenters. The first-order valence-electron chi connectivity index (χ1n) is 11.3. The molecular weight excluding hydrogens is 448 g/mol. The van der Waals surface area contributed by atoms with E-state index in [9.17, 15) is 9.59 Å². The van der Waals surface area contributed by atoms with Crippen LogP contribution in [0.25, 0.3) is 0 Å². The Morgan fingerprint density at radius 3 is 2.03 bits per heavy atom. The highest BCUT2D eigenvalue weighted by Gasteiger charge is 2.41. The van der Waals surface area contributed by atoms with Crippen molar-refractivity contribution >= 4 is 23.7 Å². The van der Waals surface area contributed by atoms with Crippen LogP contribution in [0.15, 0.2) is 78.9 Å². The Balaban J connectivity index is 1.43. The zero-order valence-corrected chi connectivity index (χ0v) is 20.1. The zero-order valence-electron chi connectivity index (χ0n) is 19.3. The molecule has 1 fully saturated rings. The molecule has 4 rings (SSSR count). The Labute approximate surface area is 204 Å². The van der Waals surface area contributed by atoms with Crippen molar-refractivity contribution in [2.24, 2.45) is 0 Å². The van der Waals surface area contributed by atoms with Crippen LogP contribution < -0.4 is 0 Å². The fourth-order valence-corrected chi connectivity index (χ4v) is 4.98. The first-order chi connectivity index (χ1) is 16.5. The Kier molecular flexibility index (Phi) is 8.03. The van der Waals surface area contributed by atoms with Crippen LogP contribution in [0.4, 0.5) is 0 Å². The predicted molar refractivity (Wildman–Crippen MR) is 133 cm³/mol. The number of ether oxygens (including phenoxy) is 3. The third kappa shape index (κ3) is 6.27. The number of carbonyl (C=O) groups excluding carboxylic acids is 2. The van der Waals surface area contributed by atoms with Crippen LogP contribution >= 0.6 is 11.8 Å². The first kappa shape index (κ1) is 24.0. The minimum atomic E-state index is -0.534. The fourth-order valence-electron chi connectivity index (χ4n) is 3.67. The molecule has 176 valence electrons. The molecule has 0 radical (unpaired) electrons. The number of hydrogen-bond acceptors (Lipinski definition) is 6. The summed E-state index contributed by atoms with van der Waals surface area (Å²) in [7, 11) is 0. The van der Waals surface area contributed by atoms with Crippen molar-refractivity contribution in [1.82, 2.24) is 0 Å². The summed E-state index contributed by atoms with van der Waals surface area (Å²) in [6, 6.07) is 24.4. The molecular formula is C28H28O5S. The number of hydrogen-bond donors (Lipinski definition) is 0. The van der Waals surface area contributed by atoms with Crippen molar-refractivity contribution in [3.8, 4) is 0 Å². The smallest absolute Gasteiger partial charge is 0.338 e. The largest absolute Gasteiger partial charge is 0.461 e. The van der Waals surface area contributed by atoms with Gasteiger partial charge in [0.2, 0.25) is 0 Å². The van der Waals surface area contributed by atoms with Gasteiger partial charge in [0.25, 0.3) is 0 Å². The van der Waals surface area contributed by atoms with Crippen LogP contribution in [0.3, 0.4) is 0 Å². The molecule has 3 aromatic carbocycles. The third-order valence-corrected chi connectivity index (χ3v) is 7.06. The fraction of sp³-hybridized carbons (Fsp3) is 0.286. The normalized spacial score (nSPS) is 19.5. The molecule has 6 heteroatoms. The minimum Gasteiger partial charge on any atom is -0.461 e. The number of aryl methyl sites for hydroxylation is 2. The van der Waals surface area contributed by atoms with Gasteiger partial charge in [-0.2, -0.15) is 0 Å². The average molecular weight is 477 g/mol. The van der Waals surface area contributed by atoms with E-state index in [-0.39, 0.29) is 18.0 Å². The molecule has 5 nitrogen and oxygen atoms in total. The van der Waals surface area contributed by atoms with Crippen LogP contribution in [0.2, 0.25) is 0 Å². The van der Waals surface area contributed by atoms with E-state index in [1.54, 1.807) is 36.0 Å². The summed E-state index contributed by atoms with van der Waals surface area (Å²) in [4.78, 5) is 25.4. The van der Waals surface area contributed by atoms with Gasteiger partial charge >= 0.3 is 11.9 Å². The molecule has 1 aliphatic heterocycles. The molecule has 0 spiro atoms. The molecule has 0 bridgehead atoms. The number of carbonyl (C=O) groups is 2. The van der Waals surface area contributed by atoms with E-state index in [1.165, 1.54) is 0 Å². The molecule has 1 aliphatic rings. The second-order valence-corrected chi connectivity index (χ2v) is 9.68. The van der Waals surface area contributed by atoms with Gasteiger partial charge in [-0.1, -0.05) is 65.7 Å². The maximum absolute atomic E-state index is 12.9. The second kappa shape index (κ2) is 11.4. The molecule has 0 aliphatic carbocycles. The van der Waals surface area contributed by atoms with Crippen molar-refractivity contribution in [3.63, 3.8) is 0 Å². The summed E-state index contributed by atoms with van der Waals surface area (Å²) in [6.45, 7) is 4.48. The highest BCUT2D eigenvalue weighted by Crippen LogP contribution is 2.33. The highest BCUT2D eigenvalue weighted by atomic mass is 32.2. The van der Waals surface area contributed by atoms with Gasteiger partial charge in [-0.25, -0.2) is 9.59 Å². The van der Waals surface area contributed by atoms with Crippen LogP contribution in [0.5, 0.6) is 0 Å². The Morgan fingerprint density at radius 1 is 0.824 bits per heavy atom. The molecule has 1 heterocycles. The zero-order chi connectivity index (χ0) is 23.9. The number of benzene rings is 3. The maximum atomic E-state index is 12.9. The summed E-state index contributed by atoms with van der Waals surface area (Å²) in [5.41, 5.74) is 4.17. The van der Waals surface area contributed by atoms with Gasteiger partial charge in [0.05, 0.1) is 23.0 Å². The van der Waals surface area contributed by atoms with E-state index < -0.39 is 18.0 Å². The lowest BCUT2D eigenvalue weighted by atomic mass is 10.1. The van der Waals surface area contributed by atoms with Gasteiger partial charge < -0.3 is 14.2 Å². The summed E-state index contributed by atoms with van der Waals surface area (Å²) in [6.07, 6.45) is -0.837. The van der Waals surface area contributed by atoms with Crippen LogP contribution in [-0.2, 0) is 20.8 Å². The SMILES string of the molecule is Cc1ccc(C(=O)OC[C@H]2SC[C@H](OCc3ccccc3)[C@H]2OC(=O)c2ccc(C)cc2)cc1. The standard InChI is InChI=1S/C28H28O5S/c1-19-8-12-22(13-9-19)27(29)32-17-25-26(33-28(30)23-14-10-20(2)11-15-23)24(18-34-25)31-16-21-6-4-3-5-7-21/h3-15,24-26H,16-18H2,1-2H3/t24-,25+,26+/m0/s1.